The highest BCUT2D eigenvalue weighted by atomic mass is 32.2. The molecule has 1 N–H and O–H groups in total. The van der Waals surface area contributed by atoms with Crippen molar-refractivity contribution in [2.75, 3.05) is 13.1 Å². The largest absolute Gasteiger partial charge is 0.360 e. The number of nitrogens with one attached hydrogen (secondary N) is 1. The van der Waals surface area contributed by atoms with Gasteiger partial charge in [0.05, 0.1) is 12.0 Å². The molecular weight excluding hydrogens is 402 g/mol. The highest BCUT2D eigenvalue weighted by Gasteiger charge is 2.36. The second kappa shape index (κ2) is 8.89. The lowest BCUT2D eigenvalue weighted by Gasteiger charge is -2.31. The first-order valence-electron chi connectivity index (χ1n) is 10.4. The van der Waals surface area contributed by atoms with Crippen molar-refractivity contribution in [3.05, 3.63) is 46.8 Å². The maximum absolute atomic E-state index is 13.1. The Balaban J connectivity index is 1.68. The summed E-state index contributed by atoms with van der Waals surface area (Å²) in [5, 5.41) is 6.81. The lowest BCUT2D eigenvalue weighted by atomic mass is 9.97. The molecule has 0 bridgehead atoms. The van der Waals surface area contributed by atoms with E-state index in [-0.39, 0.29) is 35.1 Å². The van der Waals surface area contributed by atoms with Gasteiger partial charge in [-0.1, -0.05) is 43.3 Å². The van der Waals surface area contributed by atoms with Gasteiger partial charge in [0, 0.05) is 13.1 Å². The quantitative estimate of drug-likeness (QED) is 0.750. The predicted molar refractivity (Wildman–Crippen MR) is 115 cm³/mol. The molecule has 30 heavy (non-hydrogen) atoms. The third-order valence-electron chi connectivity index (χ3n) is 5.78. The van der Waals surface area contributed by atoms with E-state index in [1.165, 1.54) is 9.87 Å². The Morgan fingerprint density at radius 2 is 1.80 bits per heavy atom. The second-order valence-corrected chi connectivity index (χ2v) is 10.3. The van der Waals surface area contributed by atoms with E-state index in [0.717, 1.165) is 5.56 Å². The molecule has 1 saturated heterocycles. The minimum Gasteiger partial charge on any atom is -0.360 e. The first-order valence-corrected chi connectivity index (χ1v) is 11.9. The Labute approximate surface area is 178 Å². The average Bonchev–Trinajstić information content (AvgIpc) is 3.06. The smallest absolute Gasteiger partial charge is 0.248 e. The molecule has 2 unspecified atom stereocenters. The number of carbonyl (C=O) groups excluding carboxylic acids is 1. The fourth-order valence-corrected chi connectivity index (χ4v) is 5.75. The summed E-state index contributed by atoms with van der Waals surface area (Å²) in [6.45, 7) is 10.00. The van der Waals surface area contributed by atoms with Crippen molar-refractivity contribution in [1.82, 2.24) is 14.8 Å². The van der Waals surface area contributed by atoms with Gasteiger partial charge < -0.3 is 9.84 Å². The summed E-state index contributed by atoms with van der Waals surface area (Å²) in [6.07, 6.45) is 1.30. The van der Waals surface area contributed by atoms with E-state index in [0.29, 0.717) is 31.0 Å². The van der Waals surface area contributed by atoms with Gasteiger partial charge in [-0.3, -0.25) is 4.79 Å². The van der Waals surface area contributed by atoms with Gasteiger partial charge in [0.1, 0.15) is 10.6 Å². The summed E-state index contributed by atoms with van der Waals surface area (Å²) in [7, 11) is -3.74. The van der Waals surface area contributed by atoms with Crippen LogP contribution in [-0.2, 0) is 14.8 Å². The van der Waals surface area contributed by atoms with Crippen molar-refractivity contribution in [3.8, 4) is 0 Å². The van der Waals surface area contributed by atoms with Crippen LogP contribution in [0.2, 0.25) is 0 Å². The summed E-state index contributed by atoms with van der Waals surface area (Å²) in [5.41, 5.74) is 2.63. The third kappa shape index (κ3) is 4.59. The van der Waals surface area contributed by atoms with E-state index in [1.807, 2.05) is 19.1 Å². The van der Waals surface area contributed by atoms with Crippen LogP contribution in [0.4, 0.5) is 0 Å². The molecular formula is C22H31N3O4S. The number of hydrogen-bond acceptors (Lipinski definition) is 5. The molecule has 1 aromatic heterocycles. The van der Waals surface area contributed by atoms with Crippen molar-refractivity contribution in [1.29, 1.82) is 0 Å². The Kier molecular flexibility index (Phi) is 6.67. The fraction of sp³-hybridized carbons (Fsp3) is 0.545. The van der Waals surface area contributed by atoms with Crippen LogP contribution in [0.3, 0.4) is 0 Å². The molecule has 164 valence electrons. The number of hydrogen-bond donors (Lipinski definition) is 1. The van der Waals surface area contributed by atoms with Gasteiger partial charge >= 0.3 is 0 Å². The molecule has 3 rings (SSSR count). The van der Waals surface area contributed by atoms with Crippen LogP contribution < -0.4 is 5.32 Å². The minimum absolute atomic E-state index is 0.113. The second-order valence-electron chi connectivity index (χ2n) is 8.41. The van der Waals surface area contributed by atoms with Crippen molar-refractivity contribution in [2.24, 2.45) is 5.92 Å². The Morgan fingerprint density at radius 3 is 2.37 bits per heavy atom. The van der Waals surface area contributed by atoms with Gasteiger partial charge in [0.2, 0.25) is 15.9 Å². The van der Waals surface area contributed by atoms with Crippen molar-refractivity contribution in [3.63, 3.8) is 0 Å². The van der Waals surface area contributed by atoms with E-state index in [2.05, 4.69) is 36.5 Å². The standard InChI is InChI=1S/C22H31N3O4S/c1-14(2)18-8-10-19(11-9-18)15(3)23-22(26)20-7-6-12-25(13-20)30(27,28)21-16(4)24-29-17(21)5/h8-11,14-15,20H,6-7,12-13H2,1-5H3,(H,23,26). The number of rotatable bonds is 6. The molecule has 1 aromatic carbocycles. The molecule has 7 nitrogen and oxygen atoms in total. The Hall–Kier alpha value is -2.19. The monoisotopic (exact) mass is 433 g/mol. The van der Waals surface area contributed by atoms with Crippen LogP contribution in [0, 0.1) is 19.8 Å². The first-order chi connectivity index (χ1) is 14.1. The van der Waals surface area contributed by atoms with Crippen molar-refractivity contribution >= 4 is 15.9 Å². The SMILES string of the molecule is Cc1noc(C)c1S(=O)(=O)N1CCCC(C(=O)NC(C)c2ccc(C(C)C)cc2)C1. The number of aromatic nitrogens is 1. The molecule has 1 aliphatic rings. The van der Waals surface area contributed by atoms with Crippen LogP contribution in [0.1, 0.15) is 68.2 Å². The topological polar surface area (TPSA) is 92.5 Å². The zero-order valence-electron chi connectivity index (χ0n) is 18.3. The van der Waals surface area contributed by atoms with E-state index in [9.17, 15) is 13.2 Å². The molecule has 1 fully saturated rings. The maximum Gasteiger partial charge on any atom is 0.248 e. The average molecular weight is 434 g/mol. The molecule has 0 aliphatic carbocycles. The van der Waals surface area contributed by atoms with Crippen molar-refractivity contribution in [2.45, 2.75) is 64.3 Å². The summed E-state index contributed by atoms with van der Waals surface area (Å²) in [6, 6.07) is 8.10. The molecule has 1 aliphatic heterocycles. The van der Waals surface area contributed by atoms with Gasteiger partial charge in [0.15, 0.2) is 5.76 Å². The number of sulfonamides is 1. The van der Waals surface area contributed by atoms with Gasteiger partial charge in [-0.05, 0) is 50.7 Å². The van der Waals surface area contributed by atoms with Gasteiger partial charge in [-0.25, -0.2) is 8.42 Å². The van der Waals surface area contributed by atoms with Crippen LogP contribution in [-0.4, -0.2) is 36.9 Å². The number of piperidine rings is 1. The Bertz CT molecular complexity index is 976. The van der Waals surface area contributed by atoms with Crippen LogP contribution >= 0.6 is 0 Å². The molecule has 2 aromatic rings. The molecule has 0 radical (unpaired) electrons. The van der Waals surface area contributed by atoms with Crippen LogP contribution in [0.5, 0.6) is 0 Å². The van der Waals surface area contributed by atoms with E-state index < -0.39 is 10.0 Å². The van der Waals surface area contributed by atoms with E-state index >= 15 is 0 Å². The molecule has 1 amide bonds. The molecule has 2 atom stereocenters. The number of aryl methyl sites for hydroxylation is 2. The summed E-state index contributed by atoms with van der Waals surface area (Å²) < 4.78 is 32.6. The van der Waals surface area contributed by atoms with Crippen LogP contribution in [0.15, 0.2) is 33.7 Å². The highest BCUT2D eigenvalue weighted by molar-refractivity contribution is 7.89. The van der Waals surface area contributed by atoms with E-state index in [1.54, 1.807) is 13.8 Å². The summed E-state index contributed by atoms with van der Waals surface area (Å²) >= 11 is 0. The normalized spacial score (nSPS) is 19.1. The molecule has 8 heteroatoms. The third-order valence-corrected chi connectivity index (χ3v) is 7.89. The van der Waals surface area contributed by atoms with Gasteiger partial charge in [-0.15, -0.1) is 0 Å². The summed E-state index contributed by atoms with van der Waals surface area (Å²) in [5.74, 6) is 0.231. The highest BCUT2D eigenvalue weighted by Crippen LogP contribution is 2.28. The van der Waals surface area contributed by atoms with Crippen molar-refractivity contribution < 1.29 is 17.7 Å². The summed E-state index contributed by atoms with van der Waals surface area (Å²) in [4.78, 5) is 13.0. The van der Waals surface area contributed by atoms with Gasteiger partial charge in [0.25, 0.3) is 0 Å². The molecule has 2 heterocycles. The Morgan fingerprint density at radius 1 is 1.17 bits per heavy atom. The number of carbonyl (C=O) groups is 1. The molecule has 0 spiro atoms. The van der Waals surface area contributed by atoms with Gasteiger partial charge in [-0.2, -0.15) is 4.31 Å². The molecule has 0 saturated carbocycles. The number of benzene rings is 1. The minimum atomic E-state index is -3.74. The van der Waals surface area contributed by atoms with E-state index in [4.69, 9.17) is 4.52 Å². The number of nitrogens with zero attached hydrogens (tertiary/aromatic N) is 2. The predicted octanol–water partition coefficient (Wildman–Crippen LogP) is 3.69. The zero-order chi connectivity index (χ0) is 22.1. The fourth-order valence-electron chi connectivity index (χ4n) is 3.93. The maximum atomic E-state index is 13.1. The lowest BCUT2D eigenvalue weighted by Crippen LogP contribution is -2.46. The first kappa shape index (κ1) is 22.5. The van der Waals surface area contributed by atoms with Crippen LogP contribution in [0.25, 0.3) is 0 Å². The lowest BCUT2D eigenvalue weighted by molar-refractivity contribution is -0.126. The number of amides is 1. The zero-order valence-corrected chi connectivity index (χ0v) is 19.1.